The highest BCUT2D eigenvalue weighted by molar-refractivity contribution is 6.10. The maximum atomic E-state index is 12.4. The summed E-state index contributed by atoms with van der Waals surface area (Å²) in [5.74, 6) is -0.237. The number of piperidine rings is 2. The summed E-state index contributed by atoms with van der Waals surface area (Å²) in [5.41, 5.74) is 1.22. The third-order valence-corrected chi connectivity index (χ3v) is 6.16. The van der Waals surface area contributed by atoms with Crippen LogP contribution in [0.4, 0.5) is 0 Å². The molecule has 1 atom stereocenters. The quantitative estimate of drug-likeness (QED) is 0.413. The van der Waals surface area contributed by atoms with Gasteiger partial charge in [-0.2, -0.15) is 0 Å². The number of ether oxygens (including phenoxy) is 1. The highest BCUT2D eigenvalue weighted by atomic mass is 16.5. The molecule has 0 aliphatic carbocycles. The number of carbonyl (C=O) groups is 2. The first kappa shape index (κ1) is 20.0. The van der Waals surface area contributed by atoms with Crippen LogP contribution in [0.2, 0.25) is 0 Å². The van der Waals surface area contributed by atoms with E-state index in [-0.39, 0.29) is 11.8 Å². The van der Waals surface area contributed by atoms with Crippen LogP contribution in [0.1, 0.15) is 37.3 Å². The molecule has 0 radical (unpaired) electrons. The fourth-order valence-electron chi connectivity index (χ4n) is 4.51. The molecule has 5 rings (SSSR count). The smallest absolute Gasteiger partial charge is 0.235 e. The maximum absolute atomic E-state index is 12.4. The SMILES string of the molecule is O=C1CC[C@H](c2noc3ccc4cc(OCCNC5CCNCC5)ccc4c23)C(=O)N1. The van der Waals surface area contributed by atoms with E-state index in [0.29, 0.717) is 36.8 Å². The molecule has 0 bridgehead atoms. The Morgan fingerprint density at radius 2 is 2.00 bits per heavy atom. The molecule has 3 heterocycles. The van der Waals surface area contributed by atoms with Crippen molar-refractivity contribution in [3.05, 3.63) is 36.0 Å². The van der Waals surface area contributed by atoms with Crippen molar-refractivity contribution in [3.8, 4) is 5.75 Å². The van der Waals surface area contributed by atoms with E-state index in [9.17, 15) is 9.59 Å². The van der Waals surface area contributed by atoms with Gasteiger partial charge in [-0.3, -0.25) is 14.9 Å². The number of fused-ring (bicyclic) bond motifs is 3. The van der Waals surface area contributed by atoms with Gasteiger partial charge in [-0.1, -0.05) is 11.2 Å². The summed E-state index contributed by atoms with van der Waals surface area (Å²) >= 11 is 0. The number of imide groups is 1. The average molecular weight is 422 g/mol. The van der Waals surface area contributed by atoms with Crippen molar-refractivity contribution >= 4 is 33.6 Å². The van der Waals surface area contributed by atoms with Gasteiger partial charge in [0.25, 0.3) is 0 Å². The highest BCUT2D eigenvalue weighted by Crippen LogP contribution is 2.36. The lowest BCUT2D eigenvalue weighted by Gasteiger charge is -2.23. The minimum absolute atomic E-state index is 0.240. The van der Waals surface area contributed by atoms with Gasteiger partial charge in [0.05, 0.1) is 11.3 Å². The first-order valence-electron chi connectivity index (χ1n) is 10.9. The van der Waals surface area contributed by atoms with Crippen molar-refractivity contribution in [2.24, 2.45) is 0 Å². The highest BCUT2D eigenvalue weighted by Gasteiger charge is 2.32. The minimum Gasteiger partial charge on any atom is -0.492 e. The van der Waals surface area contributed by atoms with Crippen molar-refractivity contribution in [1.82, 2.24) is 21.1 Å². The molecule has 1 aromatic heterocycles. The lowest BCUT2D eigenvalue weighted by molar-refractivity contribution is -0.134. The molecule has 2 aliphatic rings. The van der Waals surface area contributed by atoms with Gasteiger partial charge in [0.2, 0.25) is 11.8 Å². The number of hydrogen-bond donors (Lipinski definition) is 3. The third kappa shape index (κ3) is 4.13. The summed E-state index contributed by atoms with van der Waals surface area (Å²) in [6.07, 6.45) is 3.05. The van der Waals surface area contributed by atoms with Gasteiger partial charge in [0, 0.05) is 19.0 Å². The second-order valence-corrected chi connectivity index (χ2v) is 8.22. The van der Waals surface area contributed by atoms with Crippen molar-refractivity contribution in [1.29, 1.82) is 0 Å². The standard InChI is InChI=1S/C23H26N4O4/c28-20-6-4-18(23(29)26-20)22-21-17-3-2-16(13-14(17)1-5-19(21)31-27-22)30-12-11-25-15-7-9-24-10-8-15/h1-3,5,13,15,18,24-25H,4,6-12H2,(H,26,28,29)/t18-/m1/s1. The van der Waals surface area contributed by atoms with Crippen LogP contribution >= 0.6 is 0 Å². The Balaban J connectivity index is 1.33. The normalized spacial score (nSPS) is 20.3. The number of rotatable bonds is 6. The Bertz CT molecular complexity index is 1120. The summed E-state index contributed by atoms with van der Waals surface area (Å²) in [7, 11) is 0. The van der Waals surface area contributed by atoms with E-state index in [4.69, 9.17) is 9.26 Å². The van der Waals surface area contributed by atoms with E-state index in [1.165, 1.54) is 0 Å². The Labute approximate surface area is 179 Å². The van der Waals surface area contributed by atoms with Crippen LogP contribution in [0, 0.1) is 0 Å². The summed E-state index contributed by atoms with van der Waals surface area (Å²) in [4.78, 5) is 23.9. The van der Waals surface area contributed by atoms with Crippen molar-refractivity contribution in [3.63, 3.8) is 0 Å². The molecule has 8 nitrogen and oxygen atoms in total. The molecule has 3 aromatic rings. The topological polar surface area (TPSA) is 105 Å². The molecule has 2 amide bonds. The molecule has 2 saturated heterocycles. The van der Waals surface area contributed by atoms with Gasteiger partial charge in [0.1, 0.15) is 18.1 Å². The third-order valence-electron chi connectivity index (χ3n) is 6.16. The molecule has 0 spiro atoms. The number of hydrogen-bond acceptors (Lipinski definition) is 7. The number of benzene rings is 2. The molecule has 0 unspecified atom stereocenters. The van der Waals surface area contributed by atoms with E-state index in [2.05, 4.69) is 21.1 Å². The van der Waals surface area contributed by atoms with E-state index < -0.39 is 5.92 Å². The number of carbonyl (C=O) groups excluding carboxylic acids is 2. The largest absolute Gasteiger partial charge is 0.492 e. The number of amides is 2. The summed E-state index contributed by atoms with van der Waals surface area (Å²) < 4.78 is 11.4. The summed E-state index contributed by atoms with van der Waals surface area (Å²) in [6, 6.07) is 10.3. The molecule has 2 aromatic carbocycles. The molecule has 2 fully saturated rings. The first-order chi connectivity index (χ1) is 15.2. The monoisotopic (exact) mass is 422 g/mol. The van der Waals surface area contributed by atoms with Crippen LogP contribution in [0.3, 0.4) is 0 Å². The Kier molecular flexibility index (Phi) is 5.57. The van der Waals surface area contributed by atoms with Gasteiger partial charge < -0.3 is 19.9 Å². The second kappa shape index (κ2) is 8.64. The minimum atomic E-state index is -0.485. The van der Waals surface area contributed by atoms with E-state index in [0.717, 1.165) is 54.4 Å². The van der Waals surface area contributed by atoms with Crippen LogP contribution in [0.25, 0.3) is 21.7 Å². The Morgan fingerprint density at radius 3 is 2.84 bits per heavy atom. The predicted molar refractivity (Wildman–Crippen MR) is 116 cm³/mol. The van der Waals surface area contributed by atoms with Gasteiger partial charge in [-0.25, -0.2) is 0 Å². The number of nitrogens with one attached hydrogen (secondary N) is 3. The summed E-state index contributed by atoms with van der Waals surface area (Å²) in [6.45, 7) is 3.56. The van der Waals surface area contributed by atoms with Crippen LogP contribution < -0.4 is 20.7 Å². The summed E-state index contributed by atoms with van der Waals surface area (Å²) in [5, 5.41) is 16.3. The zero-order valence-corrected chi connectivity index (χ0v) is 17.3. The maximum Gasteiger partial charge on any atom is 0.235 e. The van der Waals surface area contributed by atoms with E-state index in [1.54, 1.807) is 0 Å². The zero-order valence-electron chi connectivity index (χ0n) is 17.3. The van der Waals surface area contributed by atoms with Gasteiger partial charge >= 0.3 is 0 Å². The van der Waals surface area contributed by atoms with Crippen molar-refractivity contribution in [2.45, 2.75) is 37.6 Å². The predicted octanol–water partition coefficient (Wildman–Crippen LogP) is 2.22. The zero-order chi connectivity index (χ0) is 21.2. The lowest BCUT2D eigenvalue weighted by atomic mass is 9.91. The fraction of sp³-hybridized carbons (Fsp3) is 0.435. The molecular formula is C23H26N4O4. The average Bonchev–Trinajstić information content (AvgIpc) is 3.21. The van der Waals surface area contributed by atoms with Gasteiger partial charge in [-0.05, 0) is 67.4 Å². The molecular weight excluding hydrogens is 396 g/mol. The molecule has 0 saturated carbocycles. The number of nitrogens with zero attached hydrogens (tertiary/aromatic N) is 1. The van der Waals surface area contributed by atoms with Crippen molar-refractivity contribution in [2.75, 3.05) is 26.2 Å². The fourth-order valence-corrected chi connectivity index (χ4v) is 4.51. The molecule has 2 aliphatic heterocycles. The van der Waals surface area contributed by atoms with Crippen LogP contribution in [0.15, 0.2) is 34.9 Å². The molecule has 31 heavy (non-hydrogen) atoms. The molecule has 3 N–H and O–H groups in total. The molecule has 162 valence electrons. The second-order valence-electron chi connectivity index (χ2n) is 8.22. The van der Waals surface area contributed by atoms with Crippen LogP contribution in [0.5, 0.6) is 5.75 Å². The van der Waals surface area contributed by atoms with Gasteiger partial charge in [0.15, 0.2) is 5.58 Å². The number of aromatic nitrogens is 1. The van der Waals surface area contributed by atoms with Crippen molar-refractivity contribution < 1.29 is 18.8 Å². The first-order valence-corrected chi connectivity index (χ1v) is 10.9. The van der Waals surface area contributed by atoms with Gasteiger partial charge in [-0.15, -0.1) is 0 Å². The van der Waals surface area contributed by atoms with Crippen LogP contribution in [-0.4, -0.2) is 49.3 Å². The Morgan fingerprint density at radius 1 is 1.13 bits per heavy atom. The molecule has 8 heteroatoms. The van der Waals surface area contributed by atoms with Crippen LogP contribution in [-0.2, 0) is 9.59 Å². The van der Waals surface area contributed by atoms with E-state index in [1.807, 2.05) is 30.3 Å². The Hall–Kier alpha value is -2.97. The lowest BCUT2D eigenvalue weighted by Crippen LogP contribution is -2.41. The van der Waals surface area contributed by atoms with E-state index >= 15 is 0 Å².